The highest BCUT2D eigenvalue weighted by atomic mass is 19.4. The molecule has 2 amide bonds. The molecule has 39 heavy (non-hydrogen) atoms. The third kappa shape index (κ3) is 6.53. The monoisotopic (exact) mass is 540 g/mol. The first-order valence-corrected chi connectivity index (χ1v) is 12.8. The van der Waals surface area contributed by atoms with E-state index in [2.05, 4.69) is 27.5 Å². The maximum absolute atomic E-state index is 15.1. The predicted octanol–water partition coefficient (Wildman–Crippen LogP) is 6.44. The molecule has 0 unspecified atom stereocenters. The van der Waals surface area contributed by atoms with E-state index in [0.29, 0.717) is 31.1 Å². The topological polar surface area (TPSA) is 66.0 Å². The number of urea groups is 1. The molecular formula is C29H28F4N4O2. The lowest BCUT2D eigenvalue weighted by Gasteiger charge is -2.37. The predicted molar refractivity (Wildman–Crippen MR) is 141 cm³/mol. The van der Waals surface area contributed by atoms with E-state index in [0.717, 1.165) is 24.5 Å². The van der Waals surface area contributed by atoms with Crippen LogP contribution >= 0.6 is 0 Å². The Morgan fingerprint density at radius 3 is 2.59 bits per heavy atom. The number of para-hydroxylation sites is 1. The molecule has 5 rings (SSSR count). The van der Waals surface area contributed by atoms with Crippen LogP contribution in [0, 0.1) is 23.6 Å². The van der Waals surface area contributed by atoms with E-state index >= 15 is 4.39 Å². The number of amides is 2. The normalized spacial score (nSPS) is 23.0. The van der Waals surface area contributed by atoms with Crippen molar-refractivity contribution in [3.63, 3.8) is 0 Å². The fraction of sp³-hybridized carbons (Fsp3) is 0.379. The first-order chi connectivity index (χ1) is 18.6. The number of hydrogen-bond acceptors (Lipinski definition) is 4. The molecule has 2 aliphatic heterocycles. The largest absolute Gasteiger partial charge is 0.452 e. The summed E-state index contributed by atoms with van der Waals surface area (Å²) in [5.41, 5.74) is 0.0355. The van der Waals surface area contributed by atoms with Gasteiger partial charge in [-0.1, -0.05) is 36.1 Å². The van der Waals surface area contributed by atoms with Crippen molar-refractivity contribution in [2.24, 2.45) is 10.9 Å². The molecule has 2 N–H and O–H groups in total. The van der Waals surface area contributed by atoms with E-state index in [4.69, 9.17) is 4.74 Å². The van der Waals surface area contributed by atoms with Gasteiger partial charge in [-0.15, -0.1) is 0 Å². The molecule has 0 aromatic heterocycles. The molecule has 10 heteroatoms. The van der Waals surface area contributed by atoms with Gasteiger partial charge in [-0.2, -0.15) is 13.2 Å². The lowest BCUT2D eigenvalue weighted by Crippen LogP contribution is -2.45. The quantitative estimate of drug-likeness (QED) is 0.348. The molecule has 3 aliphatic rings. The molecule has 1 aliphatic carbocycles. The van der Waals surface area contributed by atoms with Gasteiger partial charge in [0.15, 0.2) is 6.10 Å². The maximum atomic E-state index is 15.1. The van der Waals surface area contributed by atoms with Crippen molar-refractivity contribution in [1.82, 2.24) is 4.90 Å². The van der Waals surface area contributed by atoms with Gasteiger partial charge in [0.1, 0.15) is 5.82 Å². The van der Waals surface area contributed by atoms with Crippen LogP contribution in [0.5, 0.6) is 0 Å². The summed E-state index contributed by atoms with van der Waals surface area (Å²) in [7, 11) is 0. The minimum absolute atomic E-state index is 0.0820. The average Bonchev–Trinajstić information content (AvgIpc) is 3.73. The van der Waals surface area contributed by atoms with Gasteiger partial charge in [-0.3, -0.25) is 0 Å². The molecule has 0 bridgehead atoms. The van der Waals surface area contributed by atoms with Crippen molar-refractivity contribution in [2.45, 2.75) is 50.4 Å². The summed E-state index contributed by atoms with van der Waals surface area (Å²) in [6.07, 6.45) is -2.68. The number of carbonyl (C=O) groups is 1. The van der Waals surface area contributed by atoms with E-state index in [9.17, 15) is 18.0 Å². The summed E-state index contributed by atoms with van der Waals surface area (Å²) in [6.45, 7) is 2.28. The summed E-state index contributed by atoms with van der Waals surface area (Å²) in [4.78, 5) is 18.8. The molecular weight excluding hydrogens is 512 g/mol. The number of ether oxygens (including phenoxy) is 1. The van der Waals surface area contributed by atoms with Gasteiger partial charge < -0.3 is 20.3 Å². The molecule has 0 saturated heterocycles. The molecule has 204 valence electrons. The maximum Gasteiger partial charge on any atom is 0.425 e. The second kappa shape index (κ2) is 10.6. The van der Waals surface area contributed by atoms with Crippen LogP contribution in [-0.2, 0) is 10.3 Å². The van der Waals surface area contributed by atoms with Crippen LogP contribution in [0.2, 0.25) is 0 Å². The summed E-state index contributed by atoms with van der Waals surface area (Å²) in [5, 5.41) is 5.49. The third-order valence-corrected chi connectivity index (χ3v) is 6.88. The highest BCUT2D eigenvalue weighted by molar-refractivity contribution is 5.91. The molecule has 0 radical (unpaired) electrons. The number of carbonyl (C=O) groups excluding carboxylic acids is 1. The van der Waals surface area contributed by atoms with Crippen LogP contribution in [0.1, 0.15) is 38.2 Å². The molecule has 6 nitrogen and oxygen atoms in total. The highest BCUT2D eigenvalue weighted by Gasteiger charge is 2.50. The van der Waals surface area contributed by atoms with Gasteiger partial charge >= 0.3 is 12.2 Å². The number of benzene rings is 2. The van der Waals surface area contributed by atoms with Crippen LogP contribution in [0.25, 0.3) is 0 Å². The number of nitrogens with zero attached hydrogens (tertiary/aromatic N) is 2. The fourth-order valence-electron chi connectivity index (χ4n) is 4.50. The molecule has 2 heterocycles. The zero-order valence-electron chi connectivity index (χ0n) is 21.3. The number of rotatable bonds is 3. The van der Waals surface area contributed by atoms with Gasteiger partial charge in [0.2, 0.25) is 0 Å². The zero-order chi connectivity index (χ0) is 27.6. The molecule has 2 aromatic rings. The first kappa shape index (κ1) is 26.6. The lowest BCUT2D eigenvalue weighted by molar-refractivity contribution is -0.207. The van der Waals surface area contributed by atoms with Crippen LogP contribution in [0.4, 0.5) is 33.7 Å². The average molecular weight is 541 g/mol. The Balaban J connectivity index is 1.35. The summed E-state index contributed by atoms with van der Waals surface area (Å²) in [6, 6.07) is 11.5. The Hall–Kier alpha value is -4.00. The minimum Gasteiger partial charge on any atom is -0.452 e. The van der Waals surface area contributed by atoms with Gasteiger partial charge in [-0.05, 0) is 56.5 Å². The summed E-state index contributed by atoms with van der Waals surface area (Å²) in [5.74, 6) is 6.16. The lowest BCUT2D eigenvalue weighted by atomic mass is 9.85. The van der Waals surface area contributed by atoms with Crippen molar-refractivity contribution in [3.8, 4) is 11.8 Å². The molecule has 0 spiro atoms. The van der Waals surface area contributed by atoms with Crippen molar-refractivity contribution in [2.75, 3.05) is 23.7 Å². The Kier molecular flexibility index (Phi) is 7.25. The van der Waals surface area contributed by atoms with E-state index in [-0.39, 0.29) is 17.3 Å². The number of hydrogen-bond donors (Lipinski definition) is 2. The number of aliphatic imine (C=N–C) groups is 1. The van der Waals surface area contributed by atoms with Crippen molar-refractivity contribution in [1.29, 1.82) is 0 Å². The van der Waals surface area contributed by atoms with Crippen LogP contribution in [0.3, 0.4) is 0 Å². The molecule has 1 saturated carbocycles. The number of halogens is 4. The Morgan fingerprint density at radius 1 is 1.15 bits per heavy atom. The Labute approximate surface area is 224 Å². The van der Waals surface area contributed by atoms with Gasteiger partial charge in [0.25, 0.3) is 6.02 Å². The van der Waals surface area contributed by atoms with E-state index in [1.165, 1.54) is 19.1 Å². The summed E-state index contributed by atoms with van der Waals surface area (Å²) < 4.78 is 61.7. The Bertz CT molecular complexity index is 1360. The number of amidine groups is 1. The van der Waals surface area contributed by atoms with E-state index in [1.54, 1.807) is 35.2 Å². The van der Waals surface area contributed by atoms with Crippen molar-refractivity contribution >= 4 is 23.4 Å². The summed E-state index contributed by atoms with van der Waals surface area (Å²) >= 11 is 0. The number of anilines is 2. The third-order valence-electron chi connectivity index (χ3n) is 6.88. The first-order valence-electron chi connectivity index (χ1n) is 12.8. The second-order valence-corrected chi connectivity index (χ2v) is 10.1. The highest BCUT2D eigenvalue weighted by Crippen LogP contribution is 2.42. The Morgan fingerprint density at radius 2 is 1.92 bits per heavy atom. The number of alkyl halides is 3. The zero-order valence-corrected chi connectivity index (χ0v) is 21.3. The van der Waals surface area contributed by atoms with Crippen molar-refractivity contribution in [3.05, 3.63) is 71.6 Å². The van der Waals surface area contributed by atoms with Gasteiger partial charge in [0.05, 0.1) is 5.54 Å². The smallest absolute Gasteiger partial charge is 0.425 e. The molecule has 2 aromatic carbocycles. The van der Waals surface area contributed by atoms with Crippen molar-refractivity contribution < 1.29 is 27.1 Å². The SMILES string of the molecule is C[C@]1(c2cc(NC(=O)N3CC=C(C#CC4CC4)CC3)ccc2F)C[C@@H](C(F)(F)F)OC(Nc2ccccc2)=N1. The number of nitrogens with one attached hydrogen (secondary N) is 2. The standard InChI is InChI=1S/C29H28F4N4O2/c1-28(18-25(29(31,32)33)39-26(36-28)34-21-5-3-2-4-6-21)23-17-22(11-12-24(23)30)35-27(38)37-15-13-20(14-16-37)10-9-19-7-8-19/h2-6,11-13,17,19,25H,7-8,14-16,18H2,1H3,(H,34,36)(H,35,38)/t25-,28+/m0/s1. The molecule has 1 fully saturated rings. The second-order valence-electron chi connectivity index (χ2n) is 10.1. The van der Waals surface area contributed by atoms with Crippen LogP contribution in [-0.4, -0.2) is 42.3 Å². The van der Waals surface area contributed by atoms with E-state index < -0.39 is 36.1 Å². The minimum atomic E-state index is -4.70. The fourth-order valence-corrected chi connectivity index (χ4v) is 4.50. The van der Waals surface area contributed by atoms with Crippen LogP contribution < -0.4 is 10.6 Å². The van der Waals surface area contributed by atoms with E-state index in [1.807, 2.05) is 6.08 Å². The van der Waals surface area contributed by atoms with Gasteiger partial charge in [0, 0.05) is 47.9 Å². The van der Waals surface area contributed by atoms with Crippen LogP contribution in [0.15, 0.2) is 65.2 Å². The van der Waals surface area contributed by atoms with Gasteiger partial charge in [-0.25, -0.2) is 14.2 Å². The molecule has 2 atom stereocenters.